The van der Waals surface area contributed by atoms with Crippen LogP contribution in [0.25, 0.3) is 22.6 Å². The molecule has 2 aromatic carbocycles. The van der Waals surface area contributed by atoms with E-state index in [-0.39, 0.29) is 0 Å². The molecule has 2 amide bonds. The van der Waals surface area contributed by atoms with E-state index in [1.165, 1.54) is 5.56 Å². The summed E-state index contributed by atoms with van der Waals surface area (Å²) in [5, 5.41) is 12.8. The zero-order valence-electron chi connectivity index (χ0n) is 19.1. The highest BCUT2D eigenvalue weighted by atomic mass is 16.5. The number of aryl methyl sites for hydroxylation is 1. The smallest absolute Gasteiger partial charge is 0.323 e. The molecular weight excluding hydrogens is 434 g/mol. The molecule has 0 saturated carbocycles. The molecule has 10 nitrogen and oxygen atoms in total. The van der Waals surface area contributed by atoms with Crippen LogP contribution in [-0.4, -0.2) is 64.5 Å². The number of carbonyl (C=O) groups is 1. The number of hydrogen-bond donors (Lipinski definition) is 4. The fourth-order valence-corrected chi connectivity index (χ4v) is 4.04. The Hall–Kier alpha value is -3.89. The van der Waals surface area contributed by atoms with E-state index in [2.05, 4.69) is 42.8 Å². The molecule has 0 radical (unpaired) electrons. The van der Waals surface area contributed by atoms with Gasteiger partial charge in [0.15, 0.2) is 11.5 Å². The molecule has 176 valence electrons. The summed E-state index contributed by atoms with van der Waals surface area (Å²) in [5.41, 5.74) is 5.58. The van der Waals surface area contributed by atoms with Crippen LogP contribution >= 0.6 is 0 Å². The third-order valence-electron chi connectivity index (χ3n) is 5.77. The van der Waals surface area contributed by atoms with E-state index in [0.717, 1.165) is 49.4 Å². The SMILES string of the molecule is COc1ccc(C)cc1NC(=O)Nc1c[nH]nc1-c1nc2cc(CN3CCOCC3)ccc2[nH]1. The Kier molecular flexibility index (Phi) is 6.15. The minimum Gasteiger partial charge on any atom is -0.495 e. The van der Waals surface area contributed by atoms with Crippen LogP contribution < -0.4 is 15.4 Å². The number of aromatic amines is 2. The van der Waals surface area contributed by atoms with Crippen LogP contribution in [0.3, 0.4) is 0 Å². The average Bonchev–Trinajstić information content (AvgIpc) is 3.46. The number of ether oxygens (including phenoxy) is 2. The maximum atomic E-state index is 12.7. The summed E-state index contributed by atoms with van der Waals surface area (Å²) in [7, 11) is 1.57. The lowest BCUT2D eigenvalue weighted by molar-refractivity contribution is 0.0342. The summed E-state index contributed by atoms with van der Waals surface area (Å²) >= 11 is 0. The lowest BCUT2D eigenvalue weighted by Gasteiger charge is -2.26. The molecule has 4 aromatic rings. The fourth-order valence-electron chi connectivity index (χ4n) is 4.04. The first-order chi connectivity index (χ1) is 16.6. The number of benzene rings is 2. The van der Waals surface area contributed by atoms with Crippen LogP contribution in [0.15, 0.2) is 42.6 Å². The van der Waals surface area contributed by atoms with Gasteiger partial charge < -0.3 is 25.1 Å². The van der Waals surface area contributed by atoms with Crippen LogP contribution in [0.1, 0.15) is 11.1 Å². The Morgan fingerprint density at radius 2 is 1.97 bits per heavy atom. The van der Waals surface area contributed by atoms with Crippen LogP contribution in [-0.2, 0) is 11.3 Å². The first-order valence-corrected chi connectivity index (χ1v) is 11.1. The van der Waals surface area contributed by atoms with Gasteiger partial charge in [0.2, 0.25) is 0 Å². The number of imidazole rings is 1. The number of methoxy groups -OCH3 is 1. The lowest BCUT2D eigenvalue weighted by Crippen LogP contribution is -2.35. The van der Waals surface area contributed by atoms with Crippen LogP contribution in [0, 0.1) is 6.92 Å². The molecule has 34 heavy (non-hydrogen) atoms. The van der Waals surface area contributed by atoms with Crippen molar-refractivity contribution in [3.05, 3.63) is 53.7 Å². The highest BCUT2D eigenvalue weighted by molar-refractivity contribution is 6.02. The van der Waals surface area contributed by atoms with Gasteiger partial charge in [-0.25, -0.2) is 9.78 Å². The Balaban J connectivity index is 1.32. The Morgan fingerprint density at radius 1 is 1.15 bits per heavy atom. The molecule has 1 aliphatic heterocycles. The predicted molar refractivity (Wildman–Crippen MR) is 130 cm³/mol. The molecule has 1 saturated heterocycles. The van der Waals surface area contributed by atoms with Gasteiger partial charge in [0.1, 0.15) is 5.75 Å². The molecule has 2 aromatic heterocycles. The van der Waals surface area contributed by atoms with E-state index < -0.39 is 6.03 Å². The van der Waals surface area contributed by atoms with Crippen molar-refractivity contribution in [1.29, 1.82) is 0 Å². The van der Waals surface area contributed by atoms with Gasteiger partial charge in [0.25, 0.3) is 0 Å². The van der Waals surface area contributed by atoms with E-state index in [9.17, 15) is 4.79 Å². The number of rotatable bonds is 6. The van der Waals surface area contributed by atoms with Crippen molar-refractivity contribution in [2.75, 3.05) is 44.0 Å². The van der Waals surface area contributed by atoms with E-state index in [0.29, 0.717) is 28.6 Å². The normalized spacial score (nSPS) is 14.3. The molecule has 0 atom stereocenters. The molecule has 1 fully saturated rings. The van der Waals surface area contributed by atoms with E-state index in [1.807, 2.05) is 31.2 Å². The predicted octanol–water partition coefficient (Wildman–Crippen LogP) is 3.75. The lowest BCUT2D eigenvalue weighted by atomic mass is 10.2. The van der Waals surface area contributed by atoms with Crippen molar-refractivity contribution < 1.29 is 14.3 Å². The van der Waals surface area contributed by atoms with Gasteiger partial charge in [0, 0.05) is 25.8 Å². The Bertz CT molecular complexity index is 1310. The second kappa shape index (κ2) is 9.54. The first-order valence-electron chi connectivity index (χ1n) is 11.1. The summed E-state index contributed by atoms with van der Waals surface area (Å²) in [6, 6.07) is 11.4. The van der Waals surface area contributed by atoms with Gasteiger partial charge in [-0.3, -0.25) is 10.00 Å². The third-order valence-corrected chi connectivity index (χ3v) is 5.77. The number of nitrogens with zero attached hydrogens (tertiary/aromatic N) is 3. The van der Waals surface area contributed by atoms with Crippen molar-refractivity contribution in [2.24, 2.45) is 0 Å². The summed E-state index contributed by atoms with van der Waals surface area (Å²) in [6.07, 6.45) is 1.62. The summed E-state index contributed by atoms with van der Waals surface area (Å²) in [6.45, 7) is 6.22. The molecule has 0 spiro atoms. The second-order valence-corrected chi connectivity index (χ2v) is 8.26. The van der Waals surface area contributed by atoms with Gasteiger partial charge in [-0.15, -0.1) is 0 Å². The largest absolute Gasteiger partial charge is 0.495 e. The zero-order chi connectivity index (χ0) is 23.5. The molecule has 0 aliphatic carbocycles. The van der Waals surface area contributed by atoms with Crippen LogP contribution in [0.2, 0.25) is 0 Å². The summed E-state index contributed by atoms with van der Waals surface area (Å²) < 4.78 is 10.8. The van der Waals surface area contributed by atoms with Gasteiger partial charge in [-0.2, -0.15) is 5.10 Å². The Labute approximate surface area is 196 Å². The number of anilines is 2. The number of morpholine rings is 1. The highest BCUT2D eigenvalue weighted by Gasteiger charge is 2.17. The molecule has 4 N–H and O–H groups in total. The van der Waals surface area contributed by atoms with E-state index in [1.54, 1.807) is 13.3 Å². The number of hydrogen-bond acceptors (Lipinski definition) is 6. The van der Waals surface area contributed by atoms with Gasteiger partial charge in [-0.05, 0) is 42.3 Å². The van der Waals surface area contributed by atoms with E-state index >= 15 is 0 Å². The topological polar surface area (TPSA) is 120 Å². The van der Waals surface area contributed by atoms with Crippen molar-refractivity contribution in [2.45, 2.75) is 13.5 Å². The maximum Gasteiger partial charge on any atom is 0.323 e. The van der Waals surface area contributed by atoms with Crippen LogP contribution in [0.5, 0.6) is 5.75 Å². The van der Waals surface area contributed by atoms with Crippen molar-refractivity contribution >= 4 is 28.4 Å². The number of fused-ring (bicyclic) bond motifs is 1. The average molecular weight is 462 g/mol. The Morgan fingerprint density at radius 3 is 2.79 bits per heavy atom. The van der Waals surface area contributed by atoms with Crippen LogP contribution in [0.4, 0.5) is 16.2 Å². The van der Waals surface area contributed by atoms with E-state index in [4.69, 9.17) is 14.5 Å². The number of carbonyl (C=O) groups excluding carboxylic acids is 1. The number of H-pyrrole nitrogens is 2. The highest BCUT2D eigenvalue weighted by Crippen LogP contribution is 2.28. The molecule has 3 heterocycles. The second-order valence-electron chi connectivity index (χ2n) is 8.26. The molecule has 0 unspecified atom stereocenters. The molecular formula is C24H27N7O3. The van der Waals surface area contributed by atoms with Gasteiger partial charge in [-0.1, -0.05) is 12.1 Å². The molecule has 0 bridgehead atoms. The molecule has 5 rings (SSSR count). The first kappa shape index (κ1) is 21.9. The quantitative estimate of drug-likeness (QED) is 0.347. The fraction of sp³-hybridized carbons (Fsp3) is 0.292. The summed E-state index contributed by atoms with van der Waals surface area (Å²) in [5.74, 6) is 1.15. The number of aromatic nitrogens is 4. The van der Waals surface area contributed by atoms with Crippen molar-refractivity contribution in [3.63, 3.8) is 0 Å². The summed E-state index contributed by atoms with van der Waals surface area (Å²) in [4.78, 5) is 23.1. The number of amides is 2. The van der Waals surface area contributed by atoms with Gasteiger partial charge >= 0.3 is 6.03 Å². The monoisotopic (exact) mass is 461 g/mol. The van der Waals surface area contributed by atoms with Crippen molar-refractivity contribution in [1.82, 2.24) is 25.1 Å². The third kappa shape index (κ3) is 4.73. The standard InChI is InChI=1S/C24H27N7O3/c1-15-3-6-21(33-2)19(11-15)28-24(32)29-20-13-25-30-22(20)23-26-17-5-4-16(12-18(17)27-23)14-31-7-9-34-10-8-31/h3-6,11-13H,7-10,14H2,1-2H3,(H,25,30)(H,26,27)(H2,28,29,32). The minimum atomic E-state index is -0.407. The number of nitrogens with one attached hydrogen (secondary N) is 4. The molecule has 10 heteroatoms. The number of urea groups is 1. The van der Waals surface area contributed by atoms with Crippen molar-refractivity contribution in [3.8, 4) is 17.3 Å². The van der Waals surface area contributed by atoms with Gasteiger partial charge in [0.05, 0.1) is 42.7 Å². The zero-order valence-corrected chi connectivity index (χ0v) is 19.1. The minimum absolute atomic E-state index is 0.407. The maximum absolute atomic E-state index is 12.7. The molecule has 1 aliphatic rings.